The van der Waals surface area contributed by atoms with Crippen LogP contribution in [0, 0.1) is 5.92 Å². The average molecular weight is 328 g/mol. The number of hydrogen-bond donors (Lipinski definition) is 2. The maximum absolute atomic E-state index is 12.0. The van der Waals surface area contributed by atoms with Gasteiger partial charge in [0.05, 0.1) is 5.92 Å². The molecule has 1 aromatic carbocycles. The van der Waals surface area contributed by atoms with Crippen molar-refractivity contribution in [1.29, 1.82) is 0 Å². The lowest BCUT2D eigenvalue weighted by Gasteiger charge is -2.29. The molecule has 0 saturated heterocycles. The number of nitrogens with one attached hydrogen (secondary N) is 1. The van der Waals surface area contributed by atoms with Crippen LogP contribution in [0.1, 0.15) is 44.1 Å². The number of allylic oxidation sites excluding steroid dienone is 1. The highest BCUT2D eigenvalue weighted by Crippen LogP contribution is 2.24. The van der Waals surface area contributed by atoms with Crippen molar-refractivity contribution in [3.05, 3.63) is 42.0 Å². The number of primary amides is 1. The van der Waals surface area contributed by atoms with Gasteiger partial charge in [0.1, 0.15) is 0 Å². The molecule has 24 heavy (non-hydrogen) atoms. The van der Waals surface area contributed by atoms with Crippen LogP contribution in [0.4, 0.5) is 0 Å². The van der Waals surface area contributed by atoms with E-state index in [2.05, 4.69) is 5.32 Å². The second-order valence-electron chi connectivity index (χ2n) is 6.18. The zero-order chi connectivity index (χ0) is 17.4. The van der Waals surface area contributed by atoms with Crippen LogP contribution in [0.15, 0.2) is 36.4 Å². The predicted octanol–water partition coefficient (Wildman–Crippen LogP) is 2.21. The molecule has 0 heterocycles. The summed E-state index contributed by atoms with van der Waals surface area (Å²) in [4.78, 5) is 35.3. The summed E-state index contributed by atoms with van der Waals surface area (Å²) in [5.74, 6) is -0.947. The quantitative estimate of drug-likeness (QED) is 0.752. The van der Waals surface area contributed by atoms with Crippen molar-refractivity contribution in [2.45, 2.75) is 44.6 Å². The lowest BCUT2D eigenvalue weighted by Crippen LogP contribution is -2.47. The van der Waals surface area contributed by atoms with E-state index < -0.39 is 0 Å². The van der Waals surface area contributed by atoms with Crippen LogP contribution >= 0.6 is 0 Å². The van der Waals surface area contributed by atoms with Gasteiger partial charge in [-0.1, -0.05) is 49.2 Å². The number of ketones is 1. The first-order chi connectivity index (χ1) is 11.6. The van der Waals surface area contributed by atoms with Crippen LogP contribution in [-0.4, -0.2) is 23.6 Å². The molecule has 2 rings (SSSR count). The van der Waals surface area contributed by atoms with E-state index in [1.165, 1.54) is 6.08 Å². The number of carbonyl (C=O) groups is 3. The minimum atomic E-state index is -0.359. The number of nitrogens with two attached hydrogens (primary N) is 1. The molecule has 1 saturated carbocycles. The molecule has 128 valence electrons. The molecule has 0 unspecified atom stereocenters. The molecular weight excluding hydrogens is 304 g/mol. The second-order valence-corrected chi connectivity index (χ2v) is 6.18. The predicted molar refractivity (Wildman–Crippen MR) is 92.8 cm³/mol. The van der Waals surface area contributed by atoms with Gasteiger partial charge < -0.3 is 11.1 Å². The van der Waals surface area contributed by atoms with E-state index in [1.54, 1.807) is 6.08 Å². The van der Waals surface area contributed by atoms with Gasteiger partial charge in [0.2, 0.25) is 11.8 Å². The lowest BCUT2D eigenvalue weighted by molar-refractivity contribution is -0.127. The maximum atomic E-state index is 12.0. The molecule has 1 fully saturated rings. The van der Waals surface area contributed by atoms with E-state index in [1.807, 2.05) is 30.3 Å². The van der Waals surface area contributed by atoms with Gasteiger partial charge in [-0.2, -0.15) is 0 Å². The van der Waals surface area contributed by atoms with Crippen LogP contribution in [0.2, 0.25) is 0 Å². The first-order valence-electron chi connectivity index (χ1n) is 8.41. The number of carbonyl (C=O) groups excluding carboxylic acids is 3. The lowest BCUT2D eigenvalue weighted by atomic mass is 9.84. The average Bonchev–Trinajstić information content (AvgIpc) is 2.59. The van der Waals surface area contributed by atoms with Crippen molar-refractivity contribution in [3.8, 4) is 0 Å². The molecular formula is C19H24N2O3. The Morgan fingerprint density at radius 2 is 1.79 bits per heavy atom. The van der Waals surface area contributed by atoms with E-state index in [-0.39, 0.29) is 42.4 Å². The van der Waals surface area contributed by atoms with Gasteiger partial charge in [0.15, 0.2) is 5.78 Å². The molecule has 0 bridgehead atoms. The van der Waals surface area contributed by atoms with Crippen molar-refractivity contribution in [2.75, 3.05) is 0 Å². The van der Waals surface area contributed by atoms with Gasteiger partial charge in [-0.15, -0.1) is 0 Å². The van der Waals surface area contributed by atoms with E-state index in [4.69, 9.17) is 5.73 Å². The minimum absolute atomic E-state index is 0.0934. The van der Waals surface area contributed by atoms with E-state index >= 15 is 0 Å². The topological polar surface area (TPSA) is 89.3 Å². The largest absolute Gasteiger partial charge is 0.369 e. The third kappa shape index (κ3) is 5.65. The van der Waals surface area contributed by atoms with Crippen molar-refractivity contribution in [2.24, 2.45) is 11.7 Å². The SMILES string of the molecule is NC(=O)[C@H]1CCCC[C@@H]1NC(=O)CCC(=O)/C=C/c1ccccc1. The molecule has 2 amide bonds. The molecule has 1 aliphatic rings. The standard InChI is InChI=1S/C19H24N2O3/c20-19(24)16-8-4-5-9-17(16)21-18(23)13-12-15(22)11-10-14-6-2-1-3-7-14/h1-3,6-7,10-11,16-17H,4-5,8-9,12-13H2,(H2,20,24)(H,21,23)/b11-10+/t16-,17-/m0/s1. The Hall–Kier alpha value is -2.43. The van der Waals surface area contributed by atoms with Gasteiger partial charge in [-0.25, -0.2) is 0 Å². The van der Waals surface area contributed by atoms with E-state index in [0.29, 0.717) is 0 Å². The van der Waals surface area contributed by atoms with Crippen molar-refractivity contribution < 1.29 is 14.4 Å². The highest BCUT2D eigenvalue weighted by Gasteiger charge is 2.30. The summed E-state index contributed by atoms with van der Waals surface area (Å²) >= 11 is 0. The van der Waals surface area contributed by atoms with Crippen LogP contribution in [0.5, 0.6) is 0 Å². The molecule has 0 spiro atoms. The molecule has 1 aliphatic carbocycles. The number of rotatable bonds is 7. The monoisotopic (exact) mass is 328 g/mol. The highest BCUT2D eigenvalue weighted by molar-refractivity contribution is 5.95. The van der Waals surface area contributed by atoms with Gasteiger partial charge in [0.25, 0.3) is 0 Å². The first-order valence-corrected chi connectivity index (χ1v) is 8.41. The number of benzene rings is 1. The van der Waals surface area contributed by atoms with Crippen LogP contribution < -0.4 is 11.1 Å². The summed E-state index contributed by atoms with van der Waals surface area (Å²) in [6.45, 7) is 0. The number of hydrogen-bond acceptors (Lipinski definition) is 3. The summed E-state index contributed by atoms with van der Waals surface area (Å²) < 4.78 is 0. The zero-order valence-electron chi connectivity index (χ0n) is 13.7. The van der Waals surface area contributed by atoms with Gasteiger partial charge in [-0.05, 0) is 24.5 Å². The minimum Gasteiger partial charge on any atom is -0.369 e. The van der Waals surface area contributed by atoms with Crippen LogP contribution in [0.3, 0.4) is 0 Å². The first kappa shape index (κ1) is 17.9. The molecule has 0 aromatic heterocycles. The van der Waals surface area contributed by atoms with Crippen LogP contribution in [0.25, 0.3) is 6.08 Å². The Kier molecular flexibility index (Phi) is 6.73. The van der Waals surface area contributed by atoms with Gasteiger partial charge >= 0.3 is 0 Å². The third-order valence-electron chi connectivity index (χ3n) is 4.34. The molecule has 5 nitrogen and oxygen atoms in total. The van der Waals surface area contributed by atoms with Crippen molar-refractivity contribution in [3.63, 3.8) is 0 Å². The fourth-order valence-electron chi connectivity index (χ4n) is 3.00. The Balaban J connectivity index is 1.77. The molecule has 5 heteroatoms. The van der Waals surface area contributed by atoms with Crippen molar-refractivity contribution >= 4 is 23.7 Å². The molecule has 3 N–H and O–H groups in total. The van der Waals surface area contributed by atoms with E-state index in [0.717, 1.165) is 31.2 Å². The Morgan fingerprint density at radius 1 is 1.08 bits per heavy atom. The van der Waals surface area contributed by atoms with Gasteiger partial charge in [0, 0.05) is 18.9 Å². The smallest absolute Gasteiger partial charge is 0.222 e. The fraction of sp³-hybridized carbons (Fsp3) is 0.421. The maximum Gasteiger partial charge on any atom is 0.222 e. The Bertz CT molecular complexity index is 610. The van der Waals surface area contributed by atoms with Gasteiger partial charge in [-0.3, -0.25) is 14.4 Å². The summed E-state index contributed by atoms with van der Waals surface area (Å²) in [5, 5.41) is 2.86. The zero-order valence-corrected chi connectivity index (χ0v) is 13.7. The molecule has 0 aliphatic heterocycles. The summed E-state index contributed by atoms with van der Waals surface area (Å²) in [5.41, 5.74) is 6.34. The molecule has 1 aromatic rings. The normalized spacial score (nSPS) is 20.7. The number of amides is 2. The summed E-state index contributed by atoms with van der Waals surface area (Å²) in [6.07, 6.45) is 6.94. The molecule has 2 atom stereocenters. The van der Waals surface area contributed by atoms with Crippen LogP contribution in [-0.2, 0) is 14.4 Å². The second kappa shape index (κ2) is 9.01. The molecule has 0 radical (unpaired) electrons. The summed E-state index contributed by atoms with van der Waals surface area (Å²) in [6, 6.07) is 9.33. The van der Waals surface area contributed by atoms with Crippen molar-refractivity contribution in [1.82, 2.24) is 5.32 Å². The Morgan fingerprint density at radius 3 is 2.50 bits per heavy atom. The highest BCUT2D eigenvalue weighted by atomic mass is 16.2. The Labute approximate surface area is 142 Å². The third-order valence-corrected chi connectivity index (χ3v) is 4.34. The van der Waals surface area contributed by atoms with E-state index in [9.17, 15) is 14.4 Å². The fourth-order valence-corrected chi connectivity index (χ4v) is 3.00. The summed E-state index contributed by atoms with van der Waals surface area (Å²) in [7, 11) is 0.